The van der Waals surface area contributed by atoms with Crippen LogP contribution in [-0.4, -0.2) is 43.3 Å². The van der Waals surface area contributed by atoms with Gasteiger partial charge in [-0.2, -0.15) is 0 Å². The summed E-state index contributed by atoms with van der Waals surface area (Å²) >= 11 is 0. The van der Waals surface area contributed by atoms with E-state index < -0.39 is 11.8 Å². The van der Waals surface area contributed by atoms with Crippen LogP contribution in [0, 0.1) is 0 Å². The van der Waals surface area contributed by atoms with E-state index in [9.17, 15) is 4.79 Å². The lowest BCUT2D eigenvalue weighted by atomic mass is 10.1. The average molecular weight is 467 g/mol. The molecule has 1 unspecified atom stereocenters. The molecule has 0 aliphatic rings. The number of hydrogen-bond donors (Lipinski definition) is 1. The summed E-state index contributed by atoms with van der Waals surface area (Å²) < 4.78 is 10.2. The Balaban J connectivity index is 3.94. The van der Waals surface area contributed by atoms with Crippen molar-refractivity contribution in [2.75, 3.05) is 20.3 Å². The Morgan fingerprint density at radius 3 is 2.33 bits per heavy atom. The van der Waals surface area contributed by atoms with E-state index >= 15 is 0 Å². The Bertz CT molecular complexity index is 577. The molecule has 1 atom stereocenters. The topological polar surface area (TPSA) is 74.2 Å². The molecule has 0 saturated heterocycles. The van der Waals surface area contributed by atoms with Gasteiger partial charge in [0.25, 0.3) is 0 Å². The minimum atomic E-state index is -0.915. The molecule has 190 valence electrons. The molecule has 6 heteroatoms. The second-order valence-corrected chi connectivity index (χ2v) is 8.35. The molecule has 0 aromatic rings. The van der Waals surface area contributed by atoms with Gasteiger partial charge < -0.3 is 14.6 Å². The van der Waals surface area contributed by atoms with E-state index in [1.54, 1.807) is 7.11 Å². The van der Waals surface area contributed by atoms with Crippen LogP contribution in [0.1, 0.15) is 85.0 Å². The Morgan fingerprint density at radius 2 is 1.64 bits per heavy atom. The van der Waals surface area contributed by atoms with E-state index in [0.29, 0.717) is 6.61 Å². The van der Waals surface area contributed by atoms with Crippen LogP contribution in [0.5, 0.6) is 0 Å². The van der Waals surface area contributed by atoms with Crippen LogP contribution in [-0.2, 0) is 24.0 Å². The summed E-state index contributed by atoms with van der Waals surface area (Å²) in [5, 5.41) is 8.47. The van der Waals surface area contributed by atoms with Crippen molar-refractivity contribution in [2.45, 2.75) is 96.9 Å². The van der Waals surface area contributed by atoms with Gasteiger partial charge in [0.05, 0.1) is 6.10 Å². The van der Waals surface area contributed by atoms with Gasteiger partial charge in [0.15, 0.2) is 5.79 Å². The number of carboxylic acid groups (broad SMARTS) is 1. The summed E-state index contributed by atoms with van der Waals surface area (Å²) in [7, 11) is 1.61. The van der Waals surface area contributed by atoms with Crippen LogP contribution in [0.25, 0.3) is 0 Å². The summed E-state index contributed by atoms with van der Waals surface area (Å²) in [5.74, 6) is -1.66. The molecule has 1 N–H and O–H groups in total. The number of aliphatic carboxylic acids is 1. The smallest absolute Gasteiger partial charge is 0.329 e. The van der Waals surface area contributed by atoms with Crippen LogP contribution in [0.15, 0.2) is 48.6 Å². The molecule has 0 bridgehead atoms. The van der Waals surface area contributed by atoms with Gasteiger partial charge in [0, 0.05) is 13.7 Å². The van der Waals surface area contributed by atoms with E-state index in [1.165, 1.54) is 12.8 Å². The summed E-state index contributed by atoms with van der Waals surface area (Å²) in [6.07, 6.45) is 27.0. The molecule has 0 rings (SSSR count). The maximum absolute atomic E-state index is 10.3. The molecule has 0 aliphatic heterocycles. The molecule has 0 amide bonds. The predicted molar refractivity (Wildman–Crippen MR) is 134 cm³/mol. The quantitative estimate of drug-likeness (QED) is 0.0465. The fraction of sp³-hybridized carbons (Fsp3) is 0.667. The fourth-order valence-corrected chi connectivity index (χ4v) is 2.70. The summed E-state index contributed by atoms with van der Waals surface area (Å²) in [5.41, 5.74) is 0. The second-order valence-electron chi connectivity index (χ2n) is 8.35. The Kier molecular flexibility index (Phi) is 20.9. The molecule has 0 aromatic heterocycles. The number of hydrogen-bond acceptors (Lipinski definition) is 5. The molecule has 33 heavy (non-hydrogen) atoms. The van der Waals surface area contributed by atoms with Crippen LogP contribution in [0.4, 0.5) is 0 Å². The van der Waals surface area contributed by atoms with E-state index in [1.807, 2.05) is 13.8 Å². The first-order chi connectivity index (χ1) is 15.9. The van der Waals surface area contributed by atoms with Crippen LogP contribution in [0.2, 0.25) is 0 Å². The molecule has 0 spiro atoms. The van der Waals surface area contributed by atoms with Gasteiger partial charge in [-0.1, -0.05) is 74.8 Å². The van der Waals surface area contributed by atoms with E-state index in [4.69, 9.17) is 24.4 Å². The highest BCUT2D eigenvalue weighted by Gasteiger charge is 2.20. The van der Waals surface area contributed by atoms with Gasteiger partial charge in [-0.15, -0.1) is 0 Å². The molecular weight excluding hydrogens is 420 g/mol. The first kappa shape index (κ1) is 31.3. The first-order valence-corrected chi connectivity index (χ1v) is 12.2. The average Bonchev–Trinajstić information content (AvgIpc) is 2.79. The number of ether oxygens (including phenoxy) is 2. The highest BCUT2D eigenvalue weighted by molar-refractivity contribution is 5.67. The van der Waals surface area contributed by atoms with Crippen molar-refractivity contribution in [2.24, 2.45) is 0 Å². The molecular formula is C27H46O6. The maximum Gasteiger partial charge on any atom is 0.329 e. The molecule has 0 saturated carbocycles. The van der Waals surface area contributed by atoms with Crippen molar-refractivity contribution in [1.29, 1.82) is 0 Å². The lowest BCUT2D eigenvalue weighted by Gasteiger charge is -2.25. The van der Waals surface area contributed by atoms with Crippen LogP contribution >= 0.6 is 0 Å². The number of allylic oxidation sites excluding steroid dienone is 7. The highest BCUT2D eigenvalue weighted by Crippen LogP contribution is 2.17. The summed E-state index contributed by atoms with van der Waals surface area (Å²) in [6.45, 7) is 6.16. The van der Waals surface area contributed by atoms with Gasteiger partial charge in [0.1, 0.15) is 6.61 Å². The van der Waals surface area contributed by atoms with Crippen molar-refractivity contribution >= 4 is 5.97 Å². The Hall–Kier alpha value is -1.73. The summed E-state index contributed by atoms with van der Waals surface area (Å²) in [4.78, 5) is 21.4. The molecule has 6 nitrogen and oxygen atoms in total. The second kappa shape index (κ2) is 22.1. The monoisotopic (exact) mass is 466 g/mol. The van der Waals surface area contributed by atoms with E-state index in [0.717, 1.165) is 51.4 Å². The lowest BCUT2D eigenvalue weighted by Crippen LogP contribution is -2.29. The van der Waals surface area contributed by atoms with E-state index in [2.05, 4.69) is 55.5 Å². The van der Waals surface area contributed by atoms with Crippen LogP contribution < -0.4 is 0 Å². The Labute approximate surface area is 201 Å². The lowest BCUT2D eigenvalue weighted by molar-refractivity contribution is -0.430. The number of carbonyl (C=O) groups is 1. The van der Waals surface area contributed by atoms with Crippen molar-refractivity contribution < 1.29 is 29.1 Å². The normalized spacial score (nSPS) is 13.8. The molecule has 0 aliphatic carbocycles. The Morgan fingerprint density at radius 1 is 0.939 bits per heavy atom. The number of rotatable bonds is 22. The van der Waals surface area contributed by atoms with Crippen molar-refractivity contribution in [1.82, 2.24) is 0 Å². The third kappa shape index (κ3) is 23.2. The van der Waals surface area contributed by atoms with Gasteiger partial charge >= 0.3 is 5.97 Å². The minimum Gasteiger partial charge on any atom is -0.480 e. The van der Waals surface area contributed by atoms with Crippen molar-refractivity contribution in [3.05, 3.63) is 48.6 Å². The summed E-state index contributed by atoms with van der Waals surface area (Å²) in [6, 6.07) is 0. The zero-order valence-corrected chi connectivity index (χ0v) is 21.2. The number of unbranched alkanes of at least 4 members (excludes halogenated alkanes) is 4. The third-order valence-corrected chi connectivity index (χ3v) is 4.80. The van der Waals surface area contributed by atoms with Gasteiger partial charge in [-0.3, -0.25) is 0 Å². The van der Waals surface area contributed by atoms with E-state index in [-0.39, 0.29) is 12.7 Å². The predicted octanol–water partition coefficient (Wildman–Crippen LogP) is 6.93. The zero-order chi connectivity index (χ0) is 24.6. The van der Waals surface area contributed by atoms with Gasteiger partial charge in [0.2, 0.25) is 0 Å². The molecule has 0 aromatic carbocycles. The number of carboxylic acids is 1. The molecule has 0 heterocycles. The largest absolute Gasteiger partial charge is 0.480 e. The minimum absolute atomic E-state index is 0.0274. The third-order valence-electron chi connectivity index (χ3n) is 4.80. The fourth-order valence-electron chi connectivity index (χ4n) is 2.70. The van der Waals surface area contributed by atoms with Gasteiger partial charge in [-0.05, 0) is 58.8 Å². The zero-order valence-electron chi connectivity index (χ0n) is 21.2. The molecule has 0 fully saturated rings. The first-order valence-electron chi connectivity index (χ1n) is 12.2. The van der Waals surface area contributed by atoms with Gasteiger partial charge in [-0.25, -0.2) is 14.6 Å². The SMILES string of the molecule is CCCCCC(C/C=C/C=C\C/C=C\C/C=C\CCCCOCC(=O)O)OOC(C)(C)OC. The number of methoxy groups -OCH3 is 1. The maximum atomic E-state index is 10.3. The highest BCUT2D eigenvalue weighted by atomic mass is 17.2. The van der Waals surface area contributed by atoms with Crippen molar-refractivity contribution in [3.8, 4) is 0 Å². The van der Waals surface area contributed by atoms with Crippen molar-refractivity contribution in [3.63, 3.8) is 0 Å². The molecule has 0 radical (unpaired) electrons. The standard InChI is InChI=1S/C27H46O6/c1-5-6-18-21-25(32-33-27(2,3)30-4)22-19-16-14-12-10-8-7-9-11-13-15-17-20-23-31-24-26(28)29/h7-8,11-14,16,19,25H,5-6,9-10,15,17-18,20-24H2,1-4H3,(H,28,29)/b8-7-,13-11-,14-12-,19-16+. The van der Waals surface area contributed by atoms with Crippen LogP contribution in [0.3, 0.4) is 0 Å².